The average molecular weight is 279 g/mol. The molecule has 0 aliphatic carbocycles. The van der Waals surface area contributed by atoms with E-state index in [1.807, 2.05) is 11.8 Å². The summed E-state index contributed by atoms with van der Waals surface area (Å²) in [5.74, 6) is 1.27. The van der Waals surface area contributed by atoms with E-state index in [1.54, 1.807) is 0 Å². The number of allylic oxidation sites excluding steroid dienone is 2. The van der Waals surface area contributed by atoms with Gasteiger partial charge in [-0.3, -0.25) is 0 Å². The Morgan fingerprint density at radius 1 is 1.17 bits per heavy atom. The van der Waals surface area contributed by atoms with Crippen LogP contribution in [-0.2, 0) is 6.42 Å². The van der Waals surface area contributed by atoms with Crippen molar-refractivity contribution in [2.24, 2.45) is 0 Å². The van der Waals surface area contributed by atoms with E-state index in [4.69, 9.17) is 0 Å². The maximum absolute atomic E-state index is 2.45. The van der Waals surface area contributed by atoms with Gasteiger partial charge in [0.25, 0.3) is 0 Å². The largest absolute Gasteiger partial charge is 0.126 e. The normalized spacial score (nSPS) is 11.4. The highest BCUT2D eigenvalue weighted by Crippen LogP contribution is 2.26. The monoisotopic (exact) mass is 278 g/mol. The lowest BCUT2D eigenvalue weighted by molar-refractivity contribution is 1.15. The van der Waals surface area contributed by atoms with Gasteiger partial charge in [-0.2, -0.15) is 0 Å². The minimum atomic E-state index is -0.898. The molecule has 1 aromatic rings. The van der Waals surface area contributed by atoms with Gasteiger partial charge in [0.15, 0.2) is 0 Å². The standard InChI is InChI=1S/C16H26SSi/c1-14(2)10-11-15-8-6-7-9-16(15)17-12-13-18(3,4)5/h6-10H,11-13H2,1-5H3. The predicted octanol–water partition coefficient (Wildman–Crippen LogP) is 5.63. The van der Waals surface area contributed by atoms with Crippen LogP contribution in [0.4, 0.5) is 0 Å². The van der Waals surface area contributed by atoms with Gasteiger partial charge in [0.1, 0.15) is 0 Å². The van der Waals surface area contributed by atoms with Crippen molar-refractivity contribution in [3.05, 3.63) is 41.5 Å². The molecule has 0 bridgehead atoms. The highest BCUT2D eigenvalue weighted by molar-refractivity contribution is 7.99. The number of benzene rings is 1. The van der Waals surface area contributed by atoms with E-state index >= 15 is 0 Å². The van der Waals surface area contributed by atoms with E-state index in [0.29, 0.717) is 0 Å². The van der Waals surface area contributed by atoms with E-state index in [-0.39, 0.29) is 0 Å². The Morgan fingerprint density at radius 2 is 1.83 bits per heavy atom. The first kappa shape index (κ1) is 15.6. The summed E-state index contributed by atoms with van der Waals surface area (Å²) in [5, 5.41) is 0. The zero-order valence-electron chi connectivity index (χ0n) is 12.4. The van der Waals surface area contributed by atoms with Crippen molar-refractivity contribution in [1.29, 1.82) is 0 Å². The van der Waals surface area contributed by atoms with Crippen LogP contribution < -0.4 is 0 Å². The quantitative estimate of drug-likeness (QED) is 0.369. The Labute approximate surface area is 118 Å². The van der Waals surface area contributed by atoms with Crippen LogP contribution in [0.5, 0.6) is 0 Å². The Kier molecular flexibility index (Phi) is 6.23. The molecule has 1 aromatic carbocycles. The van der Waals surface area contributed by atoms with Crippen molar-refractivity contribution >= 4 is 19.8 Å². The molecule has 0 aromatic heterocycles. The zero-order chi connectivity index (χ0) is 13.6. The number of rotatable bonds is 6. The van der Waals surface area contributed by atoms with Crippen LogP contribution in [0.2, 0.25) is 25.7 Å². The summed E-state index contributed by atoms with van der Waals surface area (Å²) in [7, 11) is -0.898. The van der Waals surface area contributed by atoms with Gasteiger partial charge >= 0.3 is 0 Å². The van der Waals surface area contributed by atoms with Crippen LogP contribution >= 0.6 is 11.8 Å². The second-order valence-electron chi connectivity index (χ2n) is 6.25. The molecule has 0 radical (unpaired) electrons. The van der Waals surface area contributed by atoms with Gasteiger partial charge in [0, 0.05) is 13.0 Å². The lowest BCUT2D eigenvalue weighted by Crippen LogP contribution is -2.19. The summed E-state index contributed by atoms with van der Waals surface area (Å²) in [6, 6.07) is 10.2. The fraction of sp³-hybridized carbons (Fsp3) is 0.500. The third-order valence-corrected chi connectivity index (χ3v) is 6.04. The van der Waals surface area contributed by atoms with Crippen LogP contribution in [0, 0.1) is 0 Å². The van der Waals surface area contributed by atoms with Crippen molar-refractivity contribution in [3.63, 3.8) is 0 Å². The van der Waals surface area contributed by atoms with Crippen LogP contribution in [0.3, 0.4) is 0 Å². The molecule has 0 aliphatic heterocycles. The molecule has 0 saturated heterocycles. The van der Waals surface area contributed by atoms with Crippen LogP contribution in [-0.4, -0.2) is 13.8 Å². The summed E-state index contributed by atoms with van der Waals surface area (Å²) in [6.45, 7) is 11.7. The first-order valence-electron chi connectivity index (χ1n) is 6.72. The highest BCUT2D eigenvalue weighted by Gasteiger charge is 2.12. The second-order valence-corrected chi connectivity index (χ2v) is 13.0. The molecule has 18 heavy (non-hydrogen) atoms. The predicted molar refractivity (Wildman–Crippen MR) is 88.5 cm³/mol. The third-order valence-electron chi connectivity index (χ3n) is 2.81. The van der Waals surface area contributed by atoms with Crippen LogP contribution in [0.25, 0.3) is 0 Å². The fourth-order valence-electron chi connectivity index (χ4n) is 1.59. The Bertz CT molecular complexity index is 398. The molecule has 100 valence electrons. The lowest BCUT2D eigenvalue weighted by Gasteiger charge is -2.15. The summed E-state index contributed by atoms with van der Waals surface area (Å²) < 4.78 is 0. The van der Waals surface area contributed by atoms with Gasteiger partial charge in [0.05, 0.1) is 0 Å². The summed E-state index contributed by atoms with van der Waals surface area (Å²) in [5.41, 5.74) is 2.87. The fourth-order valence-corrected chi connectivity index (χ4v) is 5.18. The molecule has 1 rings (SSSR count). The lowest BCUT2D eigenvalue weighted by atomic mass is 10.1. The Hall–Kier alpha value is -0.473. The number of hydrogen-bond acceptors (Lipinski definition) is 1. The zero-order valence-corrected chi connectivity index (χ0v) is 14.2. The maximum atomic E-state index is 2.45. The molecule has 0 fully saturated rings. The van der Waals surface area contributed by atoms with Crippen molar-refractivity contribution in [3.8, 4) is 0 Å². The minimum Gasteiger partial charge on any atom is -0.126 e. The highest BCUT2D eigenvalue weighted by atomic mass is 32.2. The summed E-state index contributed by atoms with van der Waals surface area (Å²) >= 11 is 2.03. The van der Waals surface area contributed by atoms with Gasteiger partial charge in [-0.05, 0) is 43.7 Å². The summed E-state index contributed by atoms with van der Waals surface area (Å²) in [6.07, 6.45) is 3.39. The molecule has 0 aliphatic rings. The van der Waals surface area contributed by atoms with Gasteiger partial charge in [-0.15, -0.1) is 11.8 Å². The van der Waals surface area contributed by atoms with E-state index < -0.39 is 8.07 Å². The molecule has 0 unspecified atom stereocenters. The van der Waals surface area contributed by atoms with E-state index in [9.17, 15) is 0 Å². The maximum Gasteiger partial charge on any atom is 0.0450 e. The van der Waals surface area contributed by atoms with Crippen LogP contribution in [0.1, 0.15) is 19.4 Å². The van der Waals surface area contributed by atoms with Crippen molar-refractivity contribution in [1.82, 2.24) is 0 Å². The Balaban J connectivity index is 2.62. The minimum absolute atomic E-state index is 0.898. The van der Waals surface area contributed by atoms with E-state index in [2.05, 4.69) is 63.8 Å². The molecule has 0 spiro atoms. The van der Waals surface area contributed by atoms with Gasteiger partial charge < -0.3 is 0 Å². The smallest absolute Gasteiger partial charge is 0.0450 e. The topological polar surface area (TPSA) is 0 Å². The molecule has 0 heterocycles. The summed E-state index contributed by atoms with van der Waals surface area (Å²) in [4.78, 5) is 1.47. The molecule has 0 amide bonds. The molecule has 0 N–H and O–H groups in total. The number of hydrogen-bond donors (Lipinski definition) is 0. The molecule has 0 nitrogen and oxygen atoms in total. The Morgan fingerprint density at radius 3 is 2.44 bits per heavy atom. The molecule has 2 heteroatoms. The van der Waals surface area contributed by atoms with Crippen molar-refractivity contribution in [2.45, 2.75) is 50.8 Å². The van der Waals surface area contributed by atoms with Gasteiger partial charge in [-0.25, -0.2) is 0 Å². The van der Waals surface area contributed by atoms with E-state index in [1.165, 1.54) is 27.8 Å². The second kappa shape index (κ2) is 7.20. The first-order valence-corrected chi connectivity index (χ1v) is 11.4. The first-order chi connectivity index (χ1) is 8.38. The number of thioether (sulfide) groups is 1. The van der Waals surface area contributed by atoms with Crippen molar-refractivity contribution in [2.75, 3.05) is 5.75 Å². The van der Waals surface area contributed by atoms with E-state index in [0.717, 1.165) is 6.42 Å². The molecular weight excluding hydrogens is 252 g/mol. The molecule has 0 saturated carbocycles. The third kappa shape index (κ3) is 6.46. The van der Waals surface area contributed by atoms with Gasteiger partial charge in [0.2, 0.25) is 0 Å². The molecule has 0 atom stereocenters. The molecular formula is C16H26SSi. The average Bonchev–Trinajstić information content (AvgIpc) is 2.26. The SMILES string of the molecule is CC(C)=CCc1ccccc1SCC[Si](C)(C)C. The van der Waals surface area contributed by atoms with Crippen molar-refractivity contribution < 1.29 is 0 Å². The van der Waals surface area contributed by atoms with Crippen LogP contribution in [0.15, 0.2) is 40.8 Å². The van der Waals surface area contributed by atoms with Gasteiger partial charge in [-0.1, -0.05) is 49.5 Å².